The lowest BCUT2D eigenvalue weighted by molar-refractivity contribution is 0.0942. The maximum atomic E-state index is 13.1. The second-order valence-electron chi connectivity index (χ2n) is 7.08. The number of carbonyl (C=O) groups is 1. The maximum Gasteiger partial charge on any atom is 0.269 e. The molecule has 0 saturated carbocycles. The molecule has 1 aliphatic rings. The summed E-state index contributed by atoms with van der Waals surface area (Å²) in [5, 5.41) is 7.45. The van der Waals surface area contributed by atoms with Crippen LogP contribution in [0.4, 0.5) is 10.1 Å². The molecule has 1 atom stereocenters. The van der Waals surface area contributed by atoms with Gasteiger partial charge in [-0.15, -0.1) is 0 Å². The van der Waals surface area contributed by atoms with Crippen molar-refractivity contribution in [1.82, 2.24) is 15.1 Å². The van der Waals surface area contributed by atoms with Crippen LogP contribution in [0.1, 0.15) is 23.3 Å². The normalized spacial score (nSPS) is 16.4. The Morgan fingerprint density at radius 1 is 1.18 bits per heavy atom. The largest absolute Gasteiger partial charge is 0.367 e. The van der Waals surface area contributed by atoms with E-state index in [2.05, 4.69) is 27.4 Å². The zero-order valence-electron chi connectivity index (χ0n) is 15.8. The number of halogens is 1. The number of rotatable bonds is 5. The molecule has 1 fully saturated rings. The minimum absolute atomic E-state index is 0.150. The molecular formula is C22H23FN4O. The summed E-state index contributed by atoms with van der Waals surface area (Å²) >= 11 is 0. The van der Waals surface area contributed by atoms with Gasteiger partial charge in [-0.25, -0.2) is 4.39 Å². The second-order valence-corrected chi connectivity index (χ2v) is 7.08. The second kappa shape index (κ2) is 7.84. The summed E-state index contributed by atoms with van der Waals surface area (Å²) in [6.07, 6.45) is 2.18. The fraction of sp³-hybridized carbons (Fsp3) is 0.273. The Kier molecular flexibility index (Phi) is 5.10. The molecule has 6 heteroatoms. The number of benzene rings is 2. The zero-order valence-corrected chi connectivity index (χ0v) is 15.8. The Hall–Kier alpha value is -3.15. The average Bonchev–Trinajstić information content (AvgIpc) is 3.34. The third-order valence-electron chi connectivity index (χ3n) is 5.22. The number of hydrogen-bond acceptors (Lipinski definition) is 3. The first-order valence-electron chi connectivity index (χ1n) is 9.52. The van der Waals surface area contributed by atoms with Gasteiger partial charge < -0.3 is 10.2 Å². The van der Waals surface area contributed by atoms with Crippen LogP contribution in [0.2, 0.25) is 0 Å². The van der Waals surface area contributed by atoms with Gasteiger partial charge in [-0.05, 0) is 55.3 Å². The molecule has 1 N–H and O–H groups in total. The standard InChI is InChI=1S/C22H23FN4O/c1-26-21(14-20(25-26)16-9-11-17(23)12-10-16)22(28)24-15-19-8-5-13-27(19)18-6-3-2-4-7-18/h2-4,6-7,9-12,14,19H,5,8,13,15H2,1H3,(H,24,28). The van der Waals surface area contributed by atoms with Crippen LogP contribution in [0.5, 0.6) is 0 Å². The highest BCUT2D eigenvalue weighted by Crippen LogP contribution is 2.25. The van der Waals surface area contributed by atoms with Crippen LogP contribution in [-0.2, 0) is 7.05 Å². The highest BCUT2D eigenvalue weighted by molar-refractivity contribution is 5.93. The summed E-state index contributed by atoms with van der Waals surface area (Å²) in [7, 11) is 1.74. The minimum Gasteiger partial charge on any atom is -0.367 e. The van der Waals surface area contributed by atoms with Crippen molar-refractivity contribution in [2.45, 2.75) is 18.9 Å². The third-order valence-corrected chi connectivity index (χ3v) is 5.22. The number of aryl methyl sites for hydroxylation is 1. The SMILES string of the molecule is Cn1nc(-c2ccc(F)cc2)cc1C(=O)NCC1CCCN1c1ccccc1. The molecule has 2 aromatic carbocycles. The topological polar surface area (TPSA) is 50.2 Å². The average molecular weight is 378 g/mol. The van der Waals surface area contributed by atoms with E-state index in [9.17, 15) is 9.18 Å². The van der Waals surface area contributed by atoms with Crippen molar-refractivity contribution < 1.29 is 9.18 Å². The summed E-state index contributed by atoms with van der Waals surface area (Å²) in [4.78, 5) is 15.1. The Morgan fingerprint density at radius 2 is 1.93 bits per heavy atom. The van der Waals surface area contributed by atoms with E-state index in [0.717, 1.165) is 24.9 Å². The van der Waals surface area contributed by atoms with E-state index in [4.69, 9.17) is 0 Å². The van der Waals surface area contributed by atoms with Crippen LogP contribution in [0, 0.1) is 5.82 Å². The van der Waals surface area contributed by atoms with Gasteiger partial charge in [0.15, 0.2) is 0 Å². The fourth-order valence-electron chi connectivity index (χ4n) is 3.75. The number of nitrogens with zero attached hydrogens (tertiary/aromatic N) is 3. The van der Waals surface area contributed by atoms with Crippen molar-refractivity contribution >= 4 is 11.6 Å². The number of hydrogen-bond donors (Lipinski definition) is 1. The monoisotopic (exact) mass is 378 g/mol. The van der Waals surface area contributed by atoms with Crippen molar-refractivity contribution in [2.75, 3.05) is 18.0 Å². The molecule has 0 bridgehead atoms. The molecule has 1 amide bonds. The molecule has 144 valence electrons. The van der Waals surface area contributed by atoms with Crippen LogP contribution in [0.3, 0.4) is 0 Å². The molecule has 4 rings (SSSR count). The molecular weight excluding hydrogens is 355 g/mol. The first kappa shape index (κ1) is 18.2. The van der Waals surface area contributed by atoms with Crippen LogP contribution < -0.4 is 10.2 Å². The van der Waals surface area contributed by atoms with E-state index in [1.165, 1.54) is 17.8 Å². The zero-order chi connectivity index (χ0) is 19.5. The first-order chi connectivity index (χ1) is 13.6. The van der Waals surface area contributed by atoms with E-state index in [0.29, 0.717) is 17.9 Å². The molecule has 1 saturated heterocycles. The Balaban J connectivity index is 1.43. The molecule has 2 heterocycles. The van der Waals surface area contributed by atoms with Gasteiger partial charge in [-0.3, -0.25) is 9.48 Å². The molecule has 1 unspecified atom stereocenters. The highest BCUT2D eigenvalue weighted by atomic mass is 19.1. The summed E-state index contributed by atoms with van der Waals surface area (Å²) < 4.78 is 14.7. The van der Waals surface area contributed by atoms with Crippen molar-refractivity contribution in [3.63, 3.8) is 0 Å². The number of amides is 1. The lowest BCUT2D eigenvalue weighted by atomic mass is 10.1. The number of aromatic nitrogens is 2. The Labute approximate surface area is 163 Å². The van der Waals surface area contributed by atoms with Gasteiger partial charge in [0.05, 0.1) is 5.69 Å². The van der Waals surface area contributed by atoms with Gasteiger partial charge in [0, 0.05) is 37.4 Å². The first-order valence-corrected chi connectivity index (χ1v) is 9.52. The van der Waals surface area contributed by atoms with Crippen LogP contribution in [0.25, 0.3) is 11.3 Å². The number of nitrogens with one attached hydrogen (secondary N) is 1. The highest BCUT2D eigenvalue weighted by Gasteiger charge is 2.25. The van der Waals surface area contributed by atoms with E-state index in [1.54, 1.807) is 29.9 Å². The minimum atomic E-state index is -0.294. The third kappa shape index (κ3) is 3.76. The van der Waals surface area contributed by atoms with Crippen LogP contribution >= 0.6 is 0 Å². The predicted molar refractivity (Wildman–Crippen MR) is 108 cm³/mol. The van der Waals surface area contributed by atoms with Crippen molar-refractivity contribution in [3.05, 3.63) is 72.2 Å². The molecule has 1 aliphatic heterocycles. The summed E-state index contributed by atoms with van der Waals surface area (Å²) in [5.74, 6) is -0.444. The van der Waals surface area contributed by atoms with E-state index >= 15 is 0 Å². The lowest BCUT2D eigenvalue weighted by Crippen LogP contribution is -2.40. The van der Waals surface area contributed by atoms with E-state index in [-0.39, 0.29) is 17.8 Å². The molecule has 0 aliphatic carbocycles. The van der Waals surface area contributed by atoms with Crippen molar-refractivity contribution in [1.29, 1.82) is 0 Å². The summed E-state index contributed by atoms with van der Waals surface area (Å²) in [6.45, 7) is 1.59. The number of carbonyl (C=O) groups excluding carboxylic acids is 1. The Bertz CT molecular complexity index is 952. The molecule has 5 nitrogen and oxygen atoms in total. The molecule has 0 spiro atoms. The van der Waals surface area contributed by atoms with Gasteiger partial charge in [-0.1, -0.05) is 18.2 Å². The molecule has 28 heavy (non-hydrogen) atoms. The van der Waals surface area contributed by atoms with Gasteiger partial charge >= 0.3 is 0 Å². The lowest BCUT2D eigenvalue weighted by Gasteiger charge is -2.27. The maximum absolute atomic E-state index is 13.1. The quantitative estimate of drug-likeness (QED) is 0.738. The van der Waals surface area contributed by atoms with Gasteiger partial charge in [0.1, 0.15) is 11.5 Å². The summed E-state index contributed by atoms with van der Waals surface area (Å²) in [5.41, 5.74) is 3.11. The molecule has 3 aromatic rings. The Morgan fingerprint density at radius 3 is 2.68 bits per heavy atom. The van der Waals surface area contributed by atoms with Gasteiger partial charge in [0.2, 0.25) is 0 Å². The van der Waals surface area contributed by atoms with Crippen LogP contribution in [0.15, 0.2) is 60.7 Å². The fourth-order valence-corrected chi connectivity index (χ4v) is 3.75. The molecule has 0 radical (unpaired) electrons. The van der Waals surface area contributed by atoms with E-state index < -0.39 is 0 Å². The van der Waals surface area contributed by atoms with Crippen molar-refractivity contribution in [2.24, 2.45) is 7.05 Å². The van der Waals surface area contributed by atoms with Gasteiger partial charge in [-0.2, -0.15) is 5.10 Å². The summed E-state index contributed by atoms with van der Waals surface area (Å²) in [6, 6.07) is 18.4. The van der Waals surface area contributed by atoms with Gasteiger partial charge in [0.25, 0.3) is 5.91 Å². The number of anilines is 1. The van der Waals surface area contributed by atoms with Crippen LogP contribution in [-0.4, -0.2) is 34.8 Å². The van der Waals surface area contributed by atoms with Crippen molar-refractivity contribution in [3.8, 4) is 11.3 Å². The molecule has 1 aromatic heterocycles. The number of para-hydroxylation sites is 1. The van der Waals surface area contributed by atoms with E-state index in [1.807, 2.05) is 18.2 Å². The smallest absolute Gasteiger partial charge is 0.269 e. The predicted octanol–water partition coefficient (Wildman–Crippen LogP) is 3.63.